The Morgan fingerprint density at radius 3 is 2.53 bits per heavy atom. The van der Waals surface area contributed by atoms with Gasteiger partial charge in [-0.1, -0.05) is 23.7 Å². The first-order valence-corrected chi connectivity index (χ1v) is 9.17. The summed E-state index contributed by atoms with van der Waals surface area (Å²) in [5.74, 6) is -0.393. The third-order valence-corrected chi connectivity index (χ3v) is 4.35. The monoisotopic (exact) mass is 423 g/mol. The lowest BCUT2D eigenvalue weighted by Gasteiger charge is -2.05. The number of nitrogens with one attached hydrogen (secondary N) is 1. The zero-order valence-corrected chi connectivity index (χ0v) is 16.1. The molecular formula is C21H14ClN3O5. The van der Waals surface area contributed by atoms with Crippen LogP contribution in [0.3, 0.4) is 0 Å². The van der Waals surface area contributed by atoms with Gasteiger partial charge in [-0.15, -0.1) is 10.2 Å². The maximum atomic E-state index is 12.2. The predicted octanol–water partition coefficient (Wildman–Crippen LogP) is 4.59. The molecule has 0 radical (unpaired) electrons. The zero-order chi connectivity index (χ0) is 20.9. The summed E-state index contributed by atoms with van der Waals surface area (Å²) in [4.78, 5) is 24.2. The van der Waals surface area contributed by atoms with Crippen LogP contribution < -0.4 is 5.32 Å². The molecule has 0 unspecified atom stereocenters. The fourth-order valence-electron chi connectivity index (χ4n) is 2.56. The smallest absolute Gasteiger partial charge is 0.338 e. The van der Waals surface area contributed by atoms with Gasteiger partial charge in [-0.05, 0) is 48.5 Å². The highest BCUT2D eigenvalue weighted by atomic mass is 35.5. The van der Waals surface area contributed by atoms with Gasteiger partial charge in [0.2, 0.25) is 5.89 Å². The minimum atomic E-state index is -0.573. The molecule has 150 valence electrons. The lowest BCUT2D eigenvalue weighted by Crippen LogP contribution is -2.11. The molecule has 0 atom stereocenters. The molecule has 0 saturated carbocycles. The number of amides is 1. The number of benzene rings is 2. The Hall–Kier alpha value is -3.91. The van der Waals surface area contributed by atoms with E-state index in [9.17, 15) is 9.59 Å². The number of halogens is 1. The molecule has 1 N–H and O–H groups in total. The van der Waals surface area contributed by atoms with Crippen molar-refractivity contribution in [3.05, 3.63) is 89.2 Å². The van der Waals surface area contributed by atoms with Crippen molar-refractivity contribution in [2.45, 2.75) is 6.61 Å². The van der Waals surface area contributed by atoms with Crippen LogP contribution in [0.1, 0.15) is 26.8 Å². The van der Waals surface area contributed by atoms with E-state index in [1.54, 1.807) is 48.5 Å². The average molecular weight is 424 g/mol. The van der Waals surface area contributed by atoms with Gasteiger partial charge in [0, 0.05) is 5.69 Å². The maximum absolute atomic E-state index is 12.2. The minimum Gasteiger partial charge on any atom is -0.459 e. The van der Waals surface area contributed by atoms with Crippen molar-refractivity contribution in [3.63, 3.8) is 0 Å². The largest absolute Gasteiger partial charge is 0.459 e. The Bertz CT molecular complexity index is 1170. The number of hydrogen-bond donors (Lipinski definition) is 1. The molecule has 4 aromatic rings. The molecule has 0 aliphatic heterocycles. The number of anilines is 1. The summed E-state index contributed by atoms with van der Waals surface area (Å²) in [6.45, 7) is -0.187. The van der Waals surface area contributed by atoms with Crippen molar-refractivity contribution in [2.75, 3.05) is 5.32 Å². The van der Waals surface area contributed by atoms with E-state index in [-0.39, 0.29) is 30.1 Å². The van der Waals surface area contributed by atoms with Crippen molar-refractivity contribution in [3.8, 4) is 11.5 Å². The highest BCUT2D eigenvalue weighted by molar-refractivity contribution is 6.33. The van der Waals surface area contributed by atoms with Crippen molar-refractivity contribution in [2.24, 2.45) is 0 Å². The number of nitrogens with zero attached hydrogens (tertiary/aromatic N) is 2. The number of carbonyl (C=O) groups is 2. The number of esters is 1. The van der Waals surface area contributed by atoms with Crippen LogP contribution in [0.5, 0.6) is 0 Å². The Morgan fingerprint density at radius 1 is 1.00 bits per heavy atom. The van der Waals surface area contributed by atoms with E-state index in [1.165, 1.54) is 18.4 Å². The summed E-state index contributed by atoms with van der Waals surface area (Å²) < 4.78 is 15.7. The highest BCUT2D eigenvalue weighted by Gasteiger charge is 2.14. The molecule has 2 aromatic heterocycles. The Labute approximate surface area is 175 Å². The van der Waals surface area contributed by atoms with E-state index in [4.69, 9.17) is 25.2 Å². The average Bonchev–Trinajstić information content (AvgIpc) is 3.45. The Kier molecular flexibility index (Phi) is 5.58. The van der Waals surface area contributed by atoms with Crippen LogP contribution in [0.15, 0.2) is 75.8 Å². The molecule has 0 aliphatic rings. The molecule has 0 bridgehead atoms. The molecule has 30 heavy (non-hydrogen) atoms. The van der Waals surface area contributed by atoms with E-state index in [0.29, 0.717) is 21.8 Å². The molecule has 8 nitrogen and oxygen atoms in total. The van der Waals surface area contributed by atoms with Crippen molar-refractivity contribution in [1.29, 1.82) is 0 Å². The molecule has 0 aliphatic carbocycles. The van der Waals surface area contributed by atoms with Gasteiger partial charge in [0.05, 0.1) is 22.4 Å². The quantitative estimate of drug-likeness (QED) is 0.452. The van der Waals surface area contributed by atoms with Gasteiger partial charge in [0.25, 0.3) is 11.8 Å². The normalized spacial score (nSPS) is 10.6. The minimum absolute atomic E-state index is 0.139. The lowest BCUT2D eigenvalue weighted by atomic mass is 10.2. The van der Waals surface area contributed by atoms with Crippen molar-refractivity contribution >= 4 is 29.2 Å². The Balaban J connectivity index is 1.34. The maximum Gasteiger partial charge on any atom is 0.338 e. The molecule has 2 aromatic carbocycles. The van der Waals surface area contributed by atoms with E-state index in [1.807, 2.05) is 0 Å². The zero-order valence-electron chi connectivity index (χ0n) is 15.4. The molecule has 0 fully saturated rings. The fraction of sp³-hybridized carbons (Fsp3) is 0.0476. The van der Waals surface area contributed by atoms with E-state index < -0.39 is 5.97 Å². The number of carbonyl (C=O) groups excluding carboxylic acids is 2. The van der Waals surface area contributed by atoms with Crippen LogP contribution in [0.25, 0.3) is 11.5 Å². The first-order chi connectivity index (χ1) is 14.6. The molecule has 0 saturated heterocycles. The third-order valence-electron chi connectivity index (χ3n) is 4.02. The lowest BCUT2D eigenvalue weighted by molar-refractivity contribution is 0.0438. The van der Waals surface area contributed by atoms with Crippen molar-refractivity contribution in [1.82, 2.24) is 10.2 Å². The summed E-state index contributed by atoms with van der Waals surface area (Å²) in [6.07, 6.45) is 1.41. The number of aromatic nitrogens is 2. The van der Waals surface area contributed by atoms with Gasteiger partial charge in [0.1, 0.15) is 0 Å². The number of rotatable bonds is 6. The fourth-order valence-corrected chi connectivity index (χ4v) is 2.77. The second kappa shape index (κ2) is 8.62. The molecule has 2 heterocycles. The predicted molar refractivity (Wildman–Crippen MR) is 107 cm³/mol. The molecule has 4 rings (SSSR count). The summed E-state index contributed by atoms with van der Waals surface area (Å²) >= 11 is 6.10. The summed E-state index contributed by atoms with van der Waals surface area (Å²) in [6, 6.07) is 16.4. The standard InChI is InChI=1S/C21H14ClN3O5/c22-16-5-2-1-4-15(16)20-25-24-18(30-20)12-29-21(27)13-7-9-14(10-8-13)23-19(26)17-6-3-11-28-17/h1-11H,12H2,(H,23,26). The van der Waals surface area contributed by atoms with Gasteiger partial charge in [-0.3, -0.25) is 4.79 Å². The number of hydrogen-bond acceptors (Lipinski definition) is 7. The second-order valence-corrected chi connectivity index (χ2v) is 6.47. The van der Waals surface area contributed by atoms with Crippen LogP contribution >= 0.6 is 11.6 Å². The SMILES string of the molecule is O=C(OCc1nnc(-c2ccccc2Cl)o1)c1ccc(NC(=O)c2ccco2)cc1. The highest BCUT2D eigenvalue weighted by Crippen LogP contribution is 2.26. The Morgan fingerprint density at radius 2 is 1.80 bits per heavy atom. The summed E-state index contributed by atoms with van der Waals surface area (Å²) in [5, 5.41) is 10.9. The van der Waals surface area contributed by atoms with Crippen LogP contribution in [0, 0.1) is 0 Å². The van der Waals surface area contributed by atoms with Crippen LogP contribution in [0.2, 0.25) is 5.02 Å². The van der Waals surface area contributed by atoms with Gasteiger partial charge in [-0.2, -0.15) is 0 Å². The van der Waals surface area contributed by atoms with Gasteiger partial charge >= 0.3 is 5.97 Å². The number of furan rings is 1. The molecule has 0 spiro atoms. The van der Waals surface area contributed by atoms with Crippen LogP contribution in [-0.4, -0.2) is 22.1 Å². The molecule has 1 amide bonds. The second-order valence-electron chi connectivity index (χ2n) is 6.07. The van der Waals surface area contributed by atoms with Gasteiger partial charge < -0.3 is 18.9 Å². The summed E-state index contributed by atoms with van der Waals surface area (Å²) in [7, 11) is 0. The van der Waals surface area contributed by atoms with E-state index in [0.717, 1.165) is 0 Å². The molecule has 9 heteroatoms. The van der Waals surface area contributed by atoms with Crippen LogP contribution in [0.4, 0.5) is 5.69 Å². The first-order valence-electron chi connectivity index (χ1n) is 8.79. The summed E-state index contributed by atoms with van der Waals surface area (Å²) in [5.41, 5.74) is 1.41. The third kappa shape index (κ3) is 4.39. The van der Waals surface area contributed by atoms with E-state index in [2.05, 4.69) is 15.5 Å². The van der Waals surface area contributed by atoms with Crippen molar-refractivity contribution < 1.29 is 23.2 Å². The number of ether oxygens (including phenoxy) is 1. The molecular weight excluding hydrogens is 410 g/mol. The van der Waals surface area contributed by atoms with Crippen LogP contribution in [-0.2, 0) is 11.3 Å². The topological polar surface area (TPSA) is 107 Å². The van der Waals surface area contributed by atoms with Gasteiger partial charge in [0.15, 0.2) is 12.4 Å². The van der Waals surface area contributed by atoms with Gasteiger partial charge in [-0.25, -0.2) is 4.79 Å². The first kappa shape index (κ1) is 19.4. The van der Waals surface area contributed by atoms with E-state index >= 15 is 0 Å².